The number of phenols is 1. The molecular weight excluding hydrogens is 376 g/mol. The molecule has 1 atom stereocenters. The highest BCUT2D eigenvalue weighted by molar-refractivity contribution is 5.66. The summed E-state index contributed by atoms with van der Waals surface area (Å²) in [4.78, 5) is 2.25. The molecule has 2 heterocycles. The average Bonchev–Trinajstić information content (AvgIpc) is 3.21. The van der Waals surface area contributed by atoms with E-state index in [1.54, 1.807) is 12.3 Å². The summed E-state index contributed by atoms with van der Waals surface area (Å²) in [5, 5.41) is 17.5. The van der Waals surface area contributed by atoms with E-state index in [1.807, 2.05) is 12.1 Å². The summed E-state index contributed by atoms with van der Waals surface area (Å²) in [6.45, 7) is 2.20. The SMILES string of the molecule is COc1cccc(CN2CCC[C@@H](c3[nH]ncc3-c3cc(F)ccc3F)C2)c1O. The van der Waals surface area contributed by atoms with Crippen LogP contribution in [0.5, 0.6) is 11.5 Å². The van der Waals surface area contributed by atoms with Crippen LogP contribution in [0.4, 0.5) is 8.78 Å². The molecule has 1 aliphatic rings. The number of aromatic nitrogens is 2. The third-order valence-corrected chi connectivity index (χ3v) is 5.50. The zero-order valence-corrected chi connectivity index (χ0v) is 16.2. The molecule has 1 fully saturated rings. The Morgan fingerprint density at radius 3 is 2.93 bits per heavy atom. The number of ether oxygens (including phenoxy) is 1. The number of phenolic OH excluding ortho intramolecular Hbond substituents is 1. The van der Waals surface area contributed by atoms with Gasteiger partial charge in [0, 0.05) is 41.4 Å². The van der Waals surface area contributed by atoms with Crippen LogP contribution >= 0.6 is 0 Å². The molecular formula is C22H23F2N3O2. The molecule has 29 heavy (non-hydrogen) atoms. The Kier molecular flexibility index (Phi) is 5.49. The minimum Gasteiger partial charge on any atom is -0.504 e. The minimum atomic E-state index is -0.479. The molecule has 1 aromatic heterocycles. The Labute approximate surface area is 167 Å². The second-order valence-electron chi connectivity index (χ2n) is 7.36. The van der Waals surface area contributed by atoms with E-state index in [2.05, 4.69) is 15.1 Å². The van der Waals surface area contributed by atoms with Crippen molar-refractivity contribution in [3.05, 3.63) is 65.5 Å². The molecule has 0 unspecified atom stereocenters. The summed E-state index contributed by atoms with van der Waals surface area (Å²) in [5.41, 5.74) is 2.43. The van der Waals surface area contributed by atoms with E-state index in [4.69, 9.17) is 4.74 Å². The van der Waals surface area contributed by atoms with E-state index >= 15 is 0 Å². The maximum atomic E-state index is 14.3. The Hall–Kier alpha value is -2.93. The van der Waals surface area contributed by atoms with Crippen LogP contribution in [-0.2, 0) is 6.54 Å². The van der Waals surface area contributed by atoms with E-state index in [9.17, 15) is 13.9 Å². The zero-order valence-electron chi connectivity index (χ0n) is 16.2. The Bertz CT molecular complexity index is 1010. The fraction of sp³-hybridized carbons (Fsp3) is 0.318. The largest absolute Gasteiger partial charge is 0.504 e. The topological polar surface area (TPSA) is 61.4 Å². The van der Waals surface area contributed by atoms with Gasteiger partial charge in [-0.15, -0.1) is 0 Å². The number of hydrogen-bond acceptors (Lipinski definition) is 4. The molecule has 5 nitrogen and oxygen atoms in total. The highest BCUT2D eigenvalue weighted by Gasteiger charge is 2.26. The van der Waals surface area contributed by atoms with E-state index in [0.717, 1.165) is 49.3 Å². The van der Waals surface area contributed by atoms with Crippen LogP contribution in [-0.4, -0.2) is 40.4 Å². The number of piperidine rings is 1. The summed E-state index contributed by atoms with van der Waals surface area (Å²) >= 11 is 0. The monoisotopic (exact) mass is 399 g/mol. The van der Waals surface area contributed by atoms with Gasteiger partial charge in [0.25, 0.3) is 0 Å². The van der Waals surface area contributed by atoms with Crippen molar-refractivity contribution in [1.82, 2.24) is 15.1 Å². The number of H-pyrrole nitrogens is 1. The van der Waals surface area contributed by atoms with Crippen LogP contribution in [0, 0.1) is 11.6 Å². The van der Waals surface area contributed by atoms with Crippen molar-refractivity contribution in [2.24, 2.45) is 0 Å². The first-order valence-corrected chi connectivity index (χ1v) is 9.62. The van der Waals surface area contributed by atoms with Crippen molar-refractivity contribution in [3.63, 3.8) is 0 Å². The second-order valence-corrected chi connectivity index (χ2v) is 7.36. The molecule has 1 saturated heterocycles. The second kappa shape index (κ2) is 8.21. The number of para-hydroxylation sites is 1. The molecule has 7 heteroatoms. The van der Waals surface area contributed by atoms with Crippen molar-refractivity contribution >= 4 is 0 Å². The normalized spacial score (nSPS) is 17.4. The van der Waals surface area contributed by atoms with Crippen molar-refractivity contribution in [3.8, 4) is 22.6 Å². The molecule has 0 bridgehead atoms. The van der Waals surface area contributed by atoms with Gasteiger partial charge in [0.2, 0.25) is 0 Å². The molecule has 0 amide bonds. The molecule has 0 radical (unpaired) electrons. The number of nitrogens with zero attached hydrogens (tertiary/aromatic N) is 2. The van der Waals surface area contributed by atoms with Crippen LogP contribution in [0.1, 0.15) is 30.0 Å². The first-order chi connectivity index (χ1) is 14.1. The van der Waals surface area contributed by atoms with Crippen LogP contribution in [0.15, 0.2) is 42.6 Å². The third-order valence-electron chi connectivity index (χ3n) is 5.50. The summed E-state index contributed by atoms with van der Waals surface area (Å²) in [6.07, 6.45) is 3.44. The maximum absolute atomic E-state index is 14.3. The van der Waals surface area contributed by atoms with E-state index in [1.165, 1.54) is 13.2 Å². The van der Waals surface area contributed by atoms with E-state index in [-0.39, 0.29) is 17.2 Å². The number of halogens is 2. The lowest BCUT2D eigenvalue weighted by Crippen LogP contribution is -2.34. The molecule has 0 spiro atoms. The number of likely N-dealkylation sites (tertiary alicyclic amines) is 1. The van der Waals surface area contributed by atoms with Gasteiger partial charge in [-0.1, -0.05) is 12.1 Å². The lowest BCUT2D eigenvalue weighted by molar-refractivity contribution is 0.196. The maximum Gasteiger partial charge on any atom is 0.162 e. The van der Waals surface area contributed by atoms with Gasteiger partial charge in [-0.25, -0.2) is 8.78 Å². The Morgan fingerprint density at radius 1 is 1.24 bits per heavy atom. The number of rotatable bonds is 5. The predicted molar refractivity (Wildman–Crippen MR) is 106 cm³/mol. The third kappa shape index (κ3) is 3.96. The standard InChI is InChI=1S/C22H23F2N3O2/c1-29-20-6-2-4-15(22(20)28)13-27-9-3-5-14(12-27)21-18(11-25-26-21)17-10-16(23)7-8-19(17)24/h2,4,6-8,10-11,14,28H,3,5,9,12-13H2,1H3,(H,25,26)/t14-/m1/s1. The molecule has 0 aliphatic carbocycles. The smallest absolute Gasteiger partial charge is 0.162 e. The van der Waals surface area contributed by atoms with Crippen molar-refractivity contribution in [2.75, 3.05) is 20.2 Å². The summed E-state index contributed by atoms with van der Waals surface area (Å²) in [5.74, 6) is -0.235. The lowest BCUT2D eigenvalue weighted by atomic mass is 9.90. The highest BCUT2D eigenvalue weighted by atomic mass is 19.1. The van der Waals surface area contributed by atoms with E-state index < -0.39 is 11.6 Å². The first kappa shape index (κ1) is 19.4. The molecule has 2 N–H and O–H groups in total. The van der Waals surface area contributed by atoms with Crippen molar-refractivity contribution < 1.29 is 18.6 Å². The number of aromatic hydroxyl groups is 1. The quantitative estimate of drug-likeness (QED) is 0.666. The fourth-order valence-electron chi connectivity index (χ4n) is 4.06. The Balaban J connectivity index is 1.56. The molecule has 4 rings (SSSR count). The fourth-order valence-corrected chi connectivity index (χ4v) is 4.06. The van der Waals surface area contributed by atoms with Gasteiger partial charge in [0.05, 0.1) is 13.3 Å². The van der Waals surface area contributed by atoms with Crippen LogP contribution in [0.25, 0.3) is 11.1 Å². The first-order valence-electron chi connectivity index (χ1n) is 9.62. The molecule has 0 saturated carbocycles. The van der Waals surface area contributed by atoms with Crippen molar-refractivity contribution in [1.29, 1.82) is 0 Å². The number of aromatic amines is 1. The summed E-state index contributed by atoms with van der Waals surface area (Å²) < 4.78 is 33.2. The van der Waals surface area contributed by atoms with Crippen LogP contribution in [0.3, 0.4) is 0 Å². The van der Waals surface area contributed by atoms with Gasteiger partial charge >= 0.3 is 0 Å². The minimum absolute atomic E-state index is 0.108. The number of methoxy groups -OCH3 is 1. The summed E-state index contributed by atoms with van der Waals surface area (Å²) in [6, 6.07) is 8.92. The molecule has 3 aromatic rings. The molecule has 152 valence electrons. The van der Waals surface area contributed by atoms with Gasteiger partial charge in [-0.3, -0.25) is 10.00 Å². The predicted octanol–water partition coefficient (Wildman–Crippen LogP) is 4.45. The van der Waals surface area contributed by atoms with Gasteiger partial charge in [-0.05, 0) is 43.7 Å². The molecule has 1 aliphatic heterocycles. The lowest BCUT2D eigenvalue weighted by Gasteiger charge is -2.33. The Morgan fingerprint density at radius 2 is 2.10 bits per heavy atom. The van der Waals surface area contributed by atoms with Gasteiger partial charge in [0.15, 0.2) is 11.5 Å². The molecule has 2 aromatic carbocycles. The average molecular weight is 399 g/mol. The van der Waals surface area contributed by atoms with Gasteiger partial charge in [0.1, 0.15) is 11.6 Å². The summed E-state index contributed by atoms with van der Waals surface area (Å²) in [7, 11) is 1.53. The van der Waals surface area contributed by atoms with Gasteiger partial charge < -0.3 is 9.84 Å². The number of hydrogen-bond donors (Lipinski definition) is 2. The van der Waals surface area contributed by atoms with E-state index in [0.29, 0.717) is 17.9 Å². The highest BCUT2D eigenvalue weighted by Crippen LogP contribution is 2.36. The zero-order chi connectivity index (χ0) is 20.4. The van der Waals surface area contributed by atoms with Gasteiger partial charge in [-0.2, -0.15) is 5.10 Å². The number of benzene rings is 2. The van der Waals surface area contributed by atoms with Crippen LogP contribution < -0.4 is 4.74 Å². The number of nitrogens with one attached hydrogen (secondary N) is 1. The van der Waals surface area contributed by atoms with Crippen molar-refractivity contribution in [2.45, 2.75) is 25.3 Å². The van der Waals surface area contributed by atoms with Crippen LogP contribution in [0.2, 0.25) is 0 Å².